The Morgan fingerprint density at radius 2 is 1.41 bits per heavy atom. The van der Waals surface area contributed by atoms with Crippen molar-refractivity contribution in [2.45, 2.75) is 18.9 Å². The van der Waals surface area contributed by atoms with Gasteiger partial charge in [-0.2, -0.15) is 0 Å². The Morgan fingerprint density at radius 3 is 2.11 bits per heavy atom. The van der Waals surface area contributed by atoms with Crippen LogP contribution in [0.5, 0.6) is 11.5 Å². The molecule has 0 aliphatic heterocycles. The monoisotopic (exact) mass is 648 g/mol. The second-order valence-corrected chi connectivity index (χ2v) is 11.0. The van der Waals surface area contributed by atoms with E-state index in [1.54, 1.807) is 18.2 Å². The van der Waals surface area contributed by atoms with Crippen LogP contribution < -0.4 is 15.4 Å². The number of carbonyl (C=O) groups is 3. The third-order valence-corrected chi connectivity index (χ3v) is 7.37. The predicted octanol–water partition coefficient (Wildman–Crippen LogP) is 7.52. The second-order valence-electron chi connectivity index (χ2n) is 10.1. The lowest BCUT2D eigenvalue weighted by atomic mass is 9.99. The number of halogens is 1. The maximum absolute atomic E-state index is 13.3. The standard InChI is InChI=1S/C36H29BrN2O5/c37-27-19-20-31(38-34(40)22-24-9-3-1-4-10-24)30(23-27)35(41)39-32(36(42)43)21-25-15-17-26(18-16-25)29-13-7-8-14-33(29)44-28-11-5-2-6-12-28/h1-20,23,32H,21-22H2,(H,38,40)(H,39,41)(H,42,43)/t32-/m0/s1. The summed E-state index contributed by atoms with van der Waals surface area (Å²) in [5.41, 5.74) is 3.79. The molecule has 0 heterocycles. The van der Waals surface area contributed by atoms with Gasteiger partial charge >= 0.3 is 5.97 Å². The molecule has 5 aromatic carbocycles. The van der Waals surface area contributed by atoms with Crippen LogP contribution in [-0.2, 0) is 22.4 Å². The van der Waals surface area contributed by atoms with Crippen molar-refractivity contribution in [3.63, 3.8) is 0 Å². The normalized spacial score (nSPS) is 11.3. The van der Waals surface area contributed by atoms with Gasteiger partial charge in [0, 0.05) is 16.5 Å². The van der Waals surface area contributed by atoms with Crippen LogP contribution in [0.25, 0.3) is 11.1 Å². The number of carbonyl (C=O) groups excluding carboxylic acids is 2. The number of aliphatic carboxylic acids is 1. The SMILES string of the molecule is O=C(Cc1ccccc1)Nc1ccc(Br)cc1C(=O)N[C@@H](Cc1ccc(-c2ccccc2Oc2ccccc2)cc1)C(=O)O. The Balaban J connectivity index is 1.28. The first-order valence-corrected chi connectivity index (χ1v) is 14.7. The average molecular weight is 650 g/mol. The zero-order valence-electron chi connectivity index (χ0n) is 23.6. The summed E-state index contributed by atoms with van der Waals surface area (Å²) in [7, 11) is 0. The molecule has 8 heteroatoms. The Labute approximate surface area is 263 Å². The molecule has 0 saturated carbocycles. The third kappa shape index (κ3) is 7.99. The van der Waals surface area contributed by atoms with Crippen molar-refractivity contribution in [3.05, 3.63) is 149 Å². The number of benzene rings is 5. The summed E-state index contributed by atoms with van der Waals surface area (Å²) in [4.78, 5) is 38.2. The summed E-state index contributed by atoms with van der Waals surface area (Å²) in [6.07, 6.45) is 0.196. The summed E-state index contributed by atoms with van der Waals surface area (Å²) >= 11 is 3.37. The molecule has 7 nitrogen and oxygen atoms in total. The zero-order chi connectivity index (χ0) is 30.9. The molecule has 0 fully saturated rings. The van der Waals surface area contributed by atoms with Crippen molar-refractivity contribution in [1.82, 2.24) is 5.32 Å². The number of ether oxygens (including phenoxy) is 1. The van der Waals surface area contributed by atoms with Crippen LogP contribution in [0.2, 0.25) is 0 Å². The van der Waals surface area contributed by atoms with Crippen LogP contribution in [-0.4, -0.2) is 28.9 Å². The number of amides is 2. The summed E-state index contributed by atoms with van der Waals surface area (Å²) < 4.78 is 6.71. The summed E-state index contributed by atoms with van der Waals surface area (Å²) in [6, 6.07) is 37.6. The van der Waals surface area contributed by atoms with Gasteiger partial charge < -0.3 is 20.5 Å². The summed E-state index contributed by atoms with van der Waals surface area (Å²) in [6.45, 7) is 0. The van der Waals surface area contributed by atoms with E-state index in [0.29, 0.717) is 10.2 Å². The molecule has 5 rings (SSSR count). The Bertz CT molecular complexity index is 1760. The van der Waals surface area contributed by atoms with Crippen molar-refractivity contribution in [2.75, 3.05) is 5.32 Å². The van der Waals surface area contributed by atoms with Gasteiger partial charge in [0.05, 0.1) is 17.7 Å². The molecule has 0 saturated heterocycles. The minimum Gasteiger partial charge on any atom is -0.480 e. The van der Waals surface area contributed by atoms with Gasteiger partial charge in [0.1, 0.15) is 17.5 Å². The van der Waals surface area contributed by atoms with E-state index in [4.69, 9.17) is 4.74 Å². The molecule has 0 aliphatic rings. The lowest BCUT2D eigenvalue weighted by Crippen LogP contribution is -2.42. The zero-order valence-corrected chi connectivity index (χ0v) is 25.2. The topological polar surface area (TPSA) is 105 Å². The van der Waals surface area contributed by atoms with E-state index < -0.39 is 17.9 Å². The maximum Gasteiger partial charge on any atom is 0.326 e. The first-order valence-electron chi connectivity index (χ1n) is 13.9. The van der Waals surface area contributed by atoms with E-state index in [-0.39, 0.29) is 30.0 Å². The molecule has 1 atom stereocenters. The highest BCUT2D eigenvalue weighted by molar-refractivity contribution is 9.10. The summed E-state index contributed by atoms with van der Waals surface area (Å²) in [5.74, 6) is -0.659. The lowest BCUT2D eigenvalue weighted by Gasteiger charge is -2.17. The molecule has 3 N–H and O–H groups in total. The Hall–Kier alpha value is -5.21. The number of hydrogen-bond donors (Lipinski definition) is 3. The summed E-state index contributed by atoms with van der Waals surface area (Å²) in [5, 5.41) is 15.4. The molecule has 220 valence electrons. The molecular formula is C36H29BrN2O5. The fourth-order valence-electron chi connectivity index (χ4n) is 4.69. The number of nitrogens with one attached hydrogen (secondary N) is 2. The molecule has 5 aromatic rings. The van der Waals surface area contributed by atoms with Crippen molar-refractivity contribution < 1.29 is 24.2 Å². The van der Waals surface area contributed by atoms with Crippen molar-refractivity contribution in [1.29, 1.82) is 0 Å². The highest BCUT2D eigenvalue weighted by Crippen LogP contribution is 2.33. The number of para-hydroxylation sites is 2. The first kappa shape index (κ1) is 30.3. The third-order valence-electron chi connectivity index (χ3n) is 6.87. The maximum atomic E-state index is 13.3. The number of carboxylic acids is 1. The minimum atomic E-state index is -1.20. The first-order chi connectivity index (χ1) is 21.4. The number of carboxylic acid groups (broad SMARTS) is 1. The van der Waals surface area contributed by atoms with Crippen LogP contribution in [0.1, 0.15) is 21.5 Å². The van der Waals surface area contributed by atoms with Crippen LogP contribution >= 0.6 is 15.9 Å². The van der Waals surface area contributed by atoms with Gasteiger partial charge in [0.2, 0.25) is 5.91 Å². The molecule has 2 amide bonds. The van der Waals surface area contributed by atoms with Crippen molar-refractivity contribution in [2.24, 2.45) is 0 Å². The number of anilines is 1. The molecular weight excluding hydrogens is 620 g/mol. The van der Waals surface area contributed by atoms with E-state index >= 15 is 0 Å². The highest BCUT2D eigenvalue weighted by atomic mass is 79.9. The van der Waals surface area contributed by atoms with Crippen LogP contribution in [0, 0.1) is 0 Å². The van der Waals surface area contributed by atoms with Crippen LogP contribution in [0.15, 0.2) is 132 Å². The van der Waals surface area contributed by atoms with Gasteiger partial charge in [-0.05, 0) is 53.1 Å². The fraction of sp³-hybridized carbons (Fsp3) is 0.0833. The molecule has 0 unspecified atom stereocenters. The number of hydrogen-bond acceptors (Lipinski definition) is 4. The largest absolute Gasteiger partial charge is 0.480 e. The van der Waals surface area contributed by atoms with Gasteiger partial charge in [-0.1, -0.05) is 107 Å². The van der Waals surface area contributed by atoms with E-state index in [9.17, 15) is 19.5 Å². The van der Waals surface area contributed by atoms with E-state index in [0.717, 1.165) is 28.0 Å². The quantitative estimate of drug-likeness (QED) is 0.137. The number of rotatable bonds is 11. The van der Waals surface area contributed by atoms with Crippen LogP contribution in [0.3, 0.4) is 0 Å². The second kappa shape index (κ2) is 14.3. The van der Waals surface area contributed by atoms with Gasteiger partial charge in [-0.3, -0.25) is 9.59 Å². The lowest BCUT2D eigenvalue weighted by molar-refractivity contribution is -0.139. The Morgan fingerprint density at radius 1 is 0.750 bits per heavy atom. The highest BCUT2D eigenvalue weighted by Gasteiger charge is 2.23. The van der Waals surface area contributed by atoms with Crippen molar-refractivity contribution in [3.8, 4) is 22.6 Å². The smallest absolute Gasteiger partial charge is 0.326 e. The van der Waals surface area contributed by atoms with E-state index in [2.05, 4.69) is 26.6 Å². The molecule has 44 heavy (non-hydrogen) atoms. The van der Waals surface area contributed by atoms with Gasteiger partial charge in [-0.15, -0.1) is 0 Å². The minimum absolute atomic E-state index is 0.0627. The van der Waals surface area contributed by atoms with E-state index in [1.807, 2.05) is 109 Å². The van der Waals surface area contributed by atoms with Gasteiger partial charge in [0.15, 0.2) is 0 Å². The predicted molar refractivity (Wildman–Crippen MR) is 174 cm³/mol. The fourth-order valence-corrected chi connectivity index (χ4v) is 5.05. The van der Waals surface area contributed by atoms with Gasteiger partial charge in [0.25, 0.3) is 5.91 Å². The Kier molecular flexibility index (Phi) is 9.84. The van der Waals surface area contributed by atoms with Gasteiger partial charge in [-0.25, -0.2) is 4.79 Å². The van der Waals surface area contributed by atoms with Crippen molar-refractivity contribution >= 4 is 39.4 Å². The molecule has 0 bridgehead atoms. The molecule has 0 aromatic heterocycles. The molecule has 0 aliphatic carbocycles. The van der Waals surface area contributed by atoms with E-state index in [1.165, 1.54) is 0 Å². The molecule has 0 spiro atoms. The molecule has 0 radical (unpaired) electrons. The average Bonchev–Trinajstić information content (AvgIpc) is 3.03. The van der Waals surface area contributed by atoms with Crippen LogP contribution in [0.4, 0.5) is 5.69 Å².